The molecule has 1 saturated carbocycles. The van der Waals surface area contributed by atoms with Crippen LogP contribution in [0.2, 0.25) is 0 Å². The highest BCUT2D eigenvalue weighted by Crippen LogP contribution is 2.52. The zero-order valence-electron chi connectivity index (χ0n) is 11.2. The van der Waals surface area contributed by atoms with Gasteiger partial charge in [0, 0.05) is 0 Å². The summed E-state index contributed by atoms with van der Waals surface area (Å²) in [6.45, 7) is 6.59. The van der Waals surface area contributed by atoms with Crippen molar-refractivity contribution in [3.05, 3.63) is 29.8 Å². The summed E-state index contributed by atoms with van der Waals surface area (Å²) in [5.41, 5.74) is 0.542. The molecule has 1 N–H and O–H groups in total. The van der Waals surface area contributed by atoms with Crippen LogP contribution in [0.1, 0.15) is 39.2 Å². The molecular weight excluding hydrogens is 212 g/mol. The van der Waals surface area contributed by atoms with Crippen molar-refractivity contribution in [1.82, 2.24) is 0 Å². The Morgan fingerprint density at radius 3 is 2.24 bits per heavy atom. The van der Waals surface area contributed by atoms with Crippen LogP contribution in [-0.4, -0.2) is 12.2 Å². The molecule has 1 fully saturated rings. The highest BCUT2D eigenvalue weighted by atomic mass is 16.5. The molecule has 0 aliphatic heterocycles. The fourth-order valence-electron chi connectivity index (χ4n) is 3.24. The lowest BCUT2D eigenvalue weighted by atomic mass is 9.84. The van der Waals surface area contributed by atoms with Crippen molar-refractivity contribution >= 4 is 0 Å². The largest absolute Gasteiger partial charge is 0.497 e. The van der Waals surface area contributed by atoms with Crippen molar-refractivity contribution in [3.8, 4) is 5.75 Å². The van der Waals surface area contributed by atoms with Crippen LogP contribution in [0.3, 0.4) is 0 Å². The SMILES string of the molecule is COc1ccc(C2(O)CC(C)(C)CC2C)cc1. The van der Waals surface area contributed by atoms with Crippen LogP contribution in [0, 0.1) is 11.3 Å². The monoisotopic (exact) mass is 234 g/mol. The first-order valence-corrected chi connectivity index (χ1v) is 6.24. The van der Waals surface area contributed by atoms with Gasteiger partial charge in [0.2, 0.25) is 0 Å². The van der Waals surface area contributed by atoms with Crippen LogP contribution in [0.25, 0.3) is 0 Å². The molecule has 0 aromatic heterocycles. The third kappa shape index (κ3) is 2.19. The molecule has 94 valence electrons. The number of hydrogen-bond acceptors (Lipinski definition) is 2. The molecular formula is C15H22O2. The van der Waals surface area contributed by atoms with Gasteiger partial charge < -0.3 is 9.84 Å². The second kappa shape index (κ2) is 4.02. The van der Waals surface area contributed by atoms with Gasteiger partial charge in [-0.3, -0.25) is 0 Å². The number of ether oxygens (including phenoxy) is 1. The molecule has 2 rings (SSSR count). The molecule has 2 atom stereocenters. The van der Waals surface area contributed by atoms with E-state index in [1.807, 2.05) is 24.3 Å². The Kier molecular flexibility index (Phi) is 2.94. The number of hydrogen-bond donors (Lipinski definition) is 1. The predicted octanol–water partition coefficient (Wildman–Crippen LogP) is 3.34. The first kappa shape index (κ1) is 12.4. The van der Waals surface area contributed by atoms with Crippen molar-refractivity contribution in [3.63, 3.8) is 0 Å². The molecule has 0 spiro atoms. The molecule has 2 unspecified atom stereocenters. The van der Waals surface area contributed by atoms with E-state index in [0.717, 1.165) is 24.2 Å². The van der Waals surface area contributed by atoms with Gasteiger partial charge in [-0.2, -0.15) is 0 Å². The number of benzene rings is 1. The fraction of sp³-hybridized carbons (Fsp3) is 0.600. The highest BCUT2D eigenvalue weighted by molar-refractivity contribution is 5.32. The Balaban J connectivity index is 2.31. The van der Waals surface area contributed by atoms with Crippen molar-refractivity contribution in [2.45, 2.75) is 39.2 Å². The molecule has 1 aromatic carbocycles. The van der Waals surface area contributed by atoms with Gasteiger partial charge in [-0.05, 0) is 41.9 Å². The van der Waals surface area contributed by atoms with E-state index in [9.17, 15) is 5.11 Å². The maximum atomic E-state index is 10.9. The fourth-order valence-corrected chi connectivity index (χ4v) is 3.24. The average molecular weight is 234 g/mol. The summed E-state index contributed by atoms with van der Waals surface area (Å²) in [5.74, 6) is 1.13. The smallest absolute Gasteiger partial charge is 0.118 e. The maximum absolute atomic E-state index is 10.9. The summed E-state index contributed by atoms with van der Waals surface area (Å²) in [6.07, 6.45) is 1.89. The zero-order valence-corrected chi connectivity index (χ0v) is 11.2. The summed E-state index contributed by atoms with van der Waals surface area (Å²) in [4.78, 5) is 0. The Labute approximate surface area is 104 Å². The number of methoxy groups -OCH3 is 1. The lowest BCUT2D eigenvalue weighted by Crippen LogP contribution is -2.28. The quantitative estimate of drug-likeness (QED) is 0.850. The van der Waals surface area contributed by atoms with Crippen molar-refractivity contribution in [1.29, 1.82) is 0 Å². The minimum absolute atomic E-state index is 0.216. The second-order valence-corrected chi connectivity index (χ2v) is 6.10. The van der Waals surface area contributed by atoms with E-state index < -0.39 is 5.60 Å². The molecule has 0 amide bonds. The van der Waals surface area contributed by atoms with Crippen LogP contribution >= 0.6 is 0 Å². The van der Waals surface area contributed by atoms with Crippen molar-refractivity contribution < 1.29 is 9.84 Å². The van der Waals surface area contributed by atoms with Crippen LogP contribution in [0.15, 0.2) is 24.3 Å². The van der Waals surface area contributed by atoms with Gasteiger partial charge in [-0.25, -0.2) is 0 Å². The molecule has 1 aliphatic carbocycles. The van der Waals surface area contributed by atoms with Crippen LogP contribution in [0.5, 0.6) is 5.75 Å². The molecule has 2 nitrogen and oxygen atoms in total. The van der Waals surface area contributed by atoms with Gasteiger partial charge in [-0.15, -0.1) is 0 Å². The first-order chi connectivity index (χ1) is 7.87. The van der Waals surface area contributed by atoms with E-state index in [0.29, 0.717) is 5.92 Å². The molecule has 1 aromatic rings. The summed E-state index contributed by atoms with van der Waals surface area (Å²) < 4.78 is 5.15. The Hall–Kier alpha value is -1.02. The van der Waals surface area contributed by atoms with Gasteiger partial charge in [0.05, 0.1) is 12.7 Å². The average Bonchev–Trinajstić information content (AvgIpc) is 2.48. The van der Waals surface area contributed by atoms with E-state index in [4.69, 9.17) is 4.74 Å². The van der Waals surface area contributed by atoms with Gasteiger partial charge in [0.1, 0.15) is 5.75 Å². The van der Waals surface area contributed by atoms with Gasteiger partial charge >= 0.3 is 0 Å². The second-order valence-electron chi connectivity index (χ2n) is 6.10. The lowest BCUT2D eigenvalue weighted by Gasteiger charge is -2.29. The predicted molar refractivity (Wildman–Crippen MR) is 69.1 cm³/mol. The molecule has 17 heavy (non-hydrogen) atoms. The Morgan fingerprint density at radius 2 is 1.82 bits per heavy atom. The minimum atomic E-state index is -0.685. The van der Waals surface area contributed by atoms with E-state index in [2.05, 4.69) is 20.8 Å². The standard InChI is InChI=1S/C15H22O2/c1-11-9-14(2,3)10-15(11,16)12-5-7-13(17-4)8-6-12/h5-8,11,16H,9-10H2,1-4H3. The first-order valence-electron chi connectivity index (χ1n) is 6.24. The number of aliphatic hydroxyl groups is 1. The normalized spacial score (nSPS) is 31.5. The maximum Gasteiger partial charge on any atom is 0.118 e. The van der Waals surface area contributed by atoms with Crippen LogP contribution < -0.4 is 4.74 Å². The molecule has 2 heteroatoms. The summed E-state index contributed by atoms with van der Waals surface area (Å²) in [6, 6.07) is 7.81. The minimum Gasteiger partial charge on any atom is -0.497 e. The summed E-state index contributed by atoms with van der Waals surface area (Å²) in [5, 5.41) is 10.9. The lowest BCUT2D eigenvalue weighted by molar-refractivity contribution is -0.000870. The van der Waals surface area contributed by atoms with Crippen molar-refractivity contribution in [2.24, 2.45) is 11.3 Å². The van der Waals surface area contributed by atoms with Gasteiger partial charge in [-0.1, -0.05) is 32.9 Å². The molecule has 0 radical (unpaired) electrons. The van der Waals surface area contributed by atoms with Gasteiger partial charge in [0.25, 0.3) is 0 Å². The van der Waals surface area contributed by atoms with Crippen molar-refractivity contribution in [2.75, 3.05) is 7.11 Å². The Morgan fingerprint density at radius 1 is 1.24 bits per heavy atom. The van der Waals surface area contributed by atoms with Gasteiger partial charge in [0.15, 0.2) is 0 Å². The summed E-state index contributed by atoms with van der Waals surface area (Å²) in [7, 11) is 1.66. The topological polar surface area (TPSA) is 29.5 Å². The van der Waals surface area contributed by atoms with E-state index in [1.165, 1.54) is 0 Å². The number of rotatable bonds is 2. The van der Waals surface area contributed by atoms with E-state index in [1.54, 1.807) is 7.11 Å². The molecule has 0 heterocycles. The third-order valence-corrected chi connectivity index (χ3v) is 4.01. The Bertz CT molecular complexity index is 394. The molecule has 1 aliphatic rings. The van der Waals surface area contributed by atoms with Crippen LogP contribution in [0.4, 0.5) is 0 Å². The van der Waals surface area contributed by atoms with Crippen LogP contribution in [-0.2, 0) is 5.60 Å². The third-order valence-electron chi connectivity index (χ3n) is 4.01. The zero-order chi connectivity index (χ0) is 12.7. The van der Waals surface area contributed by atoms with E-state index in [-0.39, 0.29) is 5.41 Å². The highest BCUT2D eigenvalue weighted by Gasteiger charge is 2.48. The molecule has 0 saturated heterocycles. The van der Waals surface area contributed by atoms with E-state index >= 15 is 0 Å². The summed E-state index contributed by atoms with van der Waals surface area (Å²) >= 11 is 0. The molecule has 0 bridgehead atoms.